The monoisotopic (exact) mass is 317 g/mol. The molecule has 0 saturated carbocycles. The Bertz CT molecular complexity index is 411. The summed E-state index contributed by atoms with van der Waals surface area (Å²) in [5.74, 6) is 0.846. The van der Waals surface area contributed by atoms with Gasteiger partial charge >= 0.3 is 0 Å². The molecule has 18 heavy (non-hydrogen) atoms. The van der Waals surface area contributed by atoms with E-state index in [0.29, 0.717) is 21.5 Å². The number of carbonyl (C=O) groups excluding carboxylic acids is 1. The SMILES string of the molecule is COc1cc(C(=O)N(C)CCO)cc(OC)c1Br. The lowest BCUT2D eigenvalue weighted by Gasteiger charge is -2.17. The number of rotatable bonds is 5. The van der Waals surface area contributed by atoms with E-state index in [2.05, 4.69) is 15.9 Å². The molecule has 1 aromatic rings. The van der Waals surface area contributed by atoms with Crippen LogP contribution in [0.25, 0.3) is 0 Å². The normalized spacial score (nSPS) is 10.1. The number of likely N-dealkylation sites (N-methyl/N-ethyl adjacent to an activating group) is 1. The van der Waals surface area contributed by atoms with E-state index in [1.165, 1.54) is 19.1 Å². The van der Waals surface area contributed by atoms with E-state index >= 15 is 0 Å². The summed E-state index contributed by atoms with van der Waals surface area (Å²) >= 11 is 3.34. The van der Waals surface area contributed by atoms with E-state index in [4.69, 9.17) is 14.6 Å². The molecule has 6 heteroatoms. The molecule has 1 amide bonds. The smallest absolute Gasteiger partial charge is 0.253 e. The van der Waals surface area contributed by atoms with Crippen molar-refractivity contribution in [3.63, 3.8) is 0 Å². The quantitative estimate of drug-likeness (QED) is 0.894. The molecule has 0 aliphatic heterocycles. The maximum atomic E-state index is 12.1. The van der Waals surface area contributed by atoms with Crippen molar-refractivity contribution in [3.8, 4) is 11.5 Å². The number of ether oxygens (including phenoxy) is 2. The first-order valence-corrected chi connectivity index (χ1v) is 6.12. The Morgan fingerprint density at radius 2 is 1.83 bits per heavy atom. The zero-order valence-electron chi connectivity index (χ0n) is 10.6. The third-order valence-corrected chi connectivity index (χ3v) is 3.26. The highest BCUT2D eigenvalue weighted by molar-refractivity contribution is 9.10. The Balaban J connectivity index is 3.13. The zero-order chi connectivity index (χ0) is 13.7. The Kier molecular flexibility index (Phi) is 5.43. The highest BCUT2D eigenvalue weighted by Crippen LogP contribution is 2.35. The number of aliphatic hydroxyl groups is 1. The molecule has 5 nitrogen and oxygen atoms in total. The third kappa shape index (κ3) is 3.14. The molecule has 0 aromatic heterocycles. The van der Waals surface area contributed by atoms with Crippen molar-refractivity contribution < 1.29 is 19.4 Å². The highest BCUT2D eigenvalue weighted by Gasteiger charge is 2.17. The molecule has 0 fully saturated rings. The fourth-order valence-electron chi connectivity index (χ4n) is 1.46. The van der Waals surface area contributed by atoms with Crippen LogP contribution in [0.5, 0.6) is 11.5 Å². The molecule has 0 radical (unpaired) electrons. The summed E-state index contributed by atoms with van der Waals surface area (Å²) < 4.78 is 11.0. The minimum atomic E-state index is -0.201. The minimum Gasteiger partial charge on any atom is -0.495 e. The van der Waals surface area contributed by atoms with E-state index < -0.39 is 0 Å². The van der Waals surface area contributed by atoms with E-state index in [1.54, 1.807) is 19.2 Å². The van der Waals surface area contributed by atoms with E-state index in [-0.39, 0.29) is 19.1 Å². The number of hydrogen-bond donors (Lipinski definition) is 1. The van der Waals surface area contributed by atoms with Crippen molar-refractivity contribution in [2.24, 2.45) is 0 Å². The molecule has 100 valence electrons. The number of hydrogen-bond acceptors (Lipinski definition) is 4. The molecule has 0 aliphatic carbocycles. The summed E-state index contributed by atoms with van der Waals surface area (Å²) in [6, 6.07) is 3.26. The standard InChI is InChI=1S/C12H16BrNO4/c1-14(4-5-15)12(16)8-6-9(17-2)11(13)10(7-8)18-3/h6-7,15H,4-5H2,1-3H3. The molecule has 0 bridgehead atoms. The molecule has 0 atom stereocenters. The number of carbonyl (C=O) groups is 1. The van der Waals surface area contributed by atoms with Gasteiger partial charge in [-0.1, -0.05) is 0 Å². The molecule has 1 rings (SSSR count). The summed E-state index contributed by atoms with van der Waals surface area (Å²) in [6.07, 6.45) is 0. The van der Waals surface area contributed by atoms with Crippen LogP contribution in [0.1, 0.15) is 10.4 Å². The molecule has 1 aromatic carbocycles. The molecular formula is C12H16BrNO4. The van der Waals surface area contributed by atoms with E-state index in [1.807, 2.05) is 0 Å². The maximum Gasteiger partial charge on any atom is 0.253 e. The molecule has 0 saturated heterocycles. The second-order valence-electron chi connectivity index (χ2n) is 3.65. The zero-order valence-corrected chi connectivity index (χ0v) is 12.2. The molecule has 0 spiro atoms. The number of nitrogens with zero attached hydrogens (tertiary/aromatic N) is 1. The van der Waals surface area contributed by atoms with Gasteiger partial charge in [-0.2, -0.15) is 0 Å². The number of halogens is 1. The van der Waals surface area contributed by atoms with Crippen molar-refractivity contribution in [1.82, 2.24) is 4.90 Å². The van der Waals surface area contributed by atoms with E-state index in [0.717, 1.165) is 0 Å². The fourth-order valence-corrected chi connectivity index (χ4v) is 2.02. The van der Waals surface area contributed by atoms with Gasteiger partial charge in [0.1, 0.15) is 16.0 Å². The van der Waals surface area contributed by atoms with Gasteiger partial charge in [0.05, 0.1) is 20.8 Å². The van der Waals surface area contributed by atoms with Crippen LogP contribution in [-0.2, 0) is 0 Å². The first kappa shape index (κ1) is 14.8. The Morgan fingerprint density at radius 3 is 2.22 bits per heavy atom. The van der Waals surface area contributed by atoms with Gasteiger partial charge in [-0.05, 0) is 28.1 Å². The van der Waals surface area contributed by atoms with Crippen LogP contribution in [-0.4, -0.2) is 50.3 Å². The maximum absolute atomic E-state index is 12.1. The van der Waals surface area contributed by atoms with Crippen molar-refractivity contribution in [2.75, 3.05) is 34.4 Å². The van der Waals surface area contributed by atoms with Gasteiger partial charge < -0.3 is 19.5 Å². The number of benzene rings is 1. The second kappa shape index (κ2) is 6.61. The van der Waals surface area contributed by atoms with Crippen LogP contribution in [0.3, 0.4) is 0 Å². The largest absolute Gasteiger partial charge is 0.495 e. The second-order valence-corrected chi connectivity index (χ2v) is 4.44. The average molecular weight is 318 g/mol. The Labute approximate surface area is 114 Å². The summed E-state index contributed by atoms with van der Waals surface area (Å²) in [5, 5.41) is 8.83. The van der Waals surface area contributed by atoms with Gasteiger partial charge in [0.25, 0.3) is 5.91 Å². The summed E-state index contributed by atoms with van der Waals surface area (Å²) in [4.78, 5) is 13.5. The van der Waals surface area contributed by atoms with Gasteiger partial charge in [0.15, 0.2) is 0 Å². The van der Waals surface area contributed by atoms with Crippen molar-refractivity contribution in [1.29, 1.82) is 0 Å². The van der Waals surface area contributed by atoms with Crippen molar-refractivity contribution >= 4 is 21.8 Å². The molecule has 0 unspecified atom stereocenters. The summed E-state index contributed by atoms with van der Waals surface area (Å²) in [7, 11) is 4.66. The summed E-state index contributed by atoms with van der Waals surface area (Å²) in [5.41, 5.74) is 0.447. The first-order valence-electron chi connectivity index (χ1n) is 5.33. The predicted octanol–water partition coefficient (Wildman–Crippen LogP) is 1.53. The number of amides is 1. The first-order chi connectivity index (χ1) is 8.54. The average Bonchev–Trinajstić information content (AvgIpc) is 2.38. The highest BCUT2D eigenvalue weighted by atomic mass is 79.9. The third-order valence-electron chi connectivity index (χ3n) is 2.47. The van der Waals surface area contributed by atoms with Gasteiger partial charge in [-0.3, -0.25) is 4.79 Å². The van der Waals surface area contributed by atoms with Gasteiger partial charge in [0, 0.05) is 19.2 Å². The van der Waals surface area contributed by atoms with Crippen LogP contribution in [0.4, 0.5) is 0 Å². The molecule has 0 aliphatic rings. The minimum absolute atomic E-state index is 0.0764. The topological polar surface area (TPSA) is 59.0 Å². The number of methoxy groups -OCH3 is 2. The van der Waals surface area contributed by atoms with Gasteiger partial charge in [-0.25, -0.2) is 0 Å². The van der Waals surface area contributed by atoms with Gasteiger partial charge in [0.2, 0.25) is 0 Å². The fraction of sp³-hybridized carbons (Fsp3) is 0.417. The lowest BCUT2D eigenvalue weighted by atomic mass is 10.1. The lowest BCUT2D eigenvalue weighted by molar-refractivity contribution is 0.0766. The summed E-state index contributed by atoms with van der Waals surface area (Å²) in [6.45, 7) is 0.201. The predicted molar refractivity (Wildman–Crippen MR) is 71.3 cm³/mol. The van der Waals surface area contributed by atoms with Crippen LogP contribution >= 0.6 is 15.9 Å². The molecular weight excluding hydrogens is 302 g/mol. The Morgan fingerprint density at radius 1 is 1.33 bits per heavy atom. The molecule has 0 heterocycles. The van der Waals surface area contributed by atoms with Crippen LogP contribution < -0.4 is 9.47 Å². The van der Waals surface area contributed by atoms with Crippen LogP contribution in [0.15, 0.2) is 16.6 Å². The van der Waals surface area contributed by atoms with E-state index in [9.17, 15) is 4.79 Å². The van der Waals surface area contributed by atoms with Crippen molar-refractivity contribution in [3.05, 3.63) is 22.2 Å². The van der Waals surface area contributed by atoms with Gasteiger partial charge in [-0.15, -0.1) is 0 Å². The van der Waals surface area contributed by atoms with Crippen LogP contribution in [0, 0.1) is 0 Å². The Hall–Kier alpha value is -1.27. The lowest BCUT2D eigenvalue weighted by Crippen LogP contribution is -2.29. The van der Waals surface area contributed by atoms with Crippen LogP contribution in [0.2, 0.25) is 0 Å². The van der Waals surface area contributed by atoms with Crippen molar-refractivity contribution in [2.45, 2.75) is 0 Å². The number of aliphatic hydroxyl groups excluding tert-OH is 1. The molecule has 1 N–H and O–H groups in total.